The molecule has 0 radical (unpaired) electrons. The van der Waals surface area contributed by atoms with Crippen LogP contribution in [0, 0.1) is 0 Å². The second kappa shape index (κ2) is 5.99. The highest BCUT2D eigenvalue weighted by Crippen LogP contribution is 2.36. The maximum atomic E-state index is 12.6. The first-order valence-corrected chi connectivity index (χ1v) is 7.54. The Labute approximate surface area is 126 Å². The number of nitrogens with zero attached hydrogens (tertiary/aromatic N) is 1. The minimum Gasteiger partial charge on any atom is -0.397 e. The second-order valence-corrected chi connectivity index (χ2v) is 6.29. The lowest BCUT2D eigenvalue weighted by molar-refractivity contribution is 0.0671. The Morgan fingerprint density at radius 3 is 2.80 bits per heavy atom. The minimum atomic E-state index is -0.149. The fraction of sp³-hybridized carbons (Fsp3) is 0.357. The third kappa shape index (κ3) is 2.75. The van der Waals surface area contributed by atoms with Crippen molar-refractivity contribution in [2.24, 2.45) is 0 Å². The lowest BCUT2D eigenvalue weighted by atomic mass is 10.2. The summed E-state index contributed by atoms with van der Waals surface area (Å²) in [4.78, 5) is 14.7. The highest BCUT2D eigenvalue weighted by atomic mass is 35.5. The number of amides is 1. The molecule has 1 aromatic carbocycles. The summed E-state index contributed by atoms with van der Waals surface area (Å²) in [5.41, 5.74) is 6.54. The Balaban J connectivity index is 2.46. The van der Waals surface area contributed by atoms with Crippen molar-refractivity contribution in [2.45, 2.75) is 19.9 Å². The first-order valence-electron chi connectivity index (χ1n) is 6.35. The van der Waals surface area contributed by atoms with Crippen molar-refractivity contribution in [1.82, 2.24) is 4.90 Å². The quantitative estimate of drug-likeness (QED) is 0.912. The number of rotatable bonds is 4. The van der Waals surface area contributed by atoms with Gasteiger partial charge in [-0.05, 0) is 32.0 Å². The van der Waals surface area contributed by atoms with Gasteiger partial charge in [-0.1, -0.05) is 11.6 Å². The average molecular weight is 313 g/mol. The highest BCUT2D eigenvalue weighted by molar-refractivity contribution is 7.21. The Hall–Kier alpha value is -1.30. The van der Waals surface area contributed by atoms with Crippen LogP contribution in [0.15, 0.2) is 18.2 Å². The molecular weight excluding hydrogens is 296 g/mol. The monoisotopic (exact) mass is 312 g/mol. The molecule has 0 saturated heterocycles. The molecule has 0 atom stereocenters. The number of anilines is 1. The van der Waals surface area contributed by atoms with Crippen LogP contribution in [-0.2, 0) is 0 Å². The topological polar surface area (TPSA) is 66.6 Å². The van der Waals surface area contributed by atoms with E-state index in [1.807, 2.05) is 19.9 Å². The SMILES string of the molecule is CC(C)N(CCO)C(=O)c1sc2ccc(Cl)cc2c1N. The van der Waals surface area contributed by atoms with Gasteiger partial charge in [-0.2, -0.15) is 0 Å². The van der Waals surface area contributed by atoms with E-state index in [2.05, 4.69) is 0 Å². The van der Waals surface area contributed by atoms with Crippen LogP contribution in [-0.4, -0.2) is 35.1 Å². The van der Waals surface area contributed by atoms with E-state index in [0.29, 0.717) is 22.1 Å². The summed E-state index contributed by atoms with van der Waals surface area (Å²) >= 11 is 7.32. The van der Waals surface area contributed by atoms with Gasteiger partial charge in [0.1, 0.15) is 4.88 Å². The molecule has 6 heteroatoms. The Morgan fingerprint density at radius 1 is 1.50 bits per heavy atom. The van der Waals surface area contributed by atoms with Gasteiger partial charge in [-0.25, -0.2) is 0 Å². The van der Waals surface area contributed by atoms with Crippen molar-refractivity contribution in [3.63, 3.8) is 0 Å². The molecule has 1 amide bonds. The Morgan fingerprint density at radius 2 is 2.20 bits per heavy atom. The second-order valence-electron chi connectivity index (χ2n) is 4.80. The standard InChI is InChI=1S/C14H17ClN2O2S/c1-8(2)17(5-6-18)14(19)13-12(16)10-7-9(15)3-4-11(10)20-13/h3-4,7-8,18H,5-6,16H2,1-2H3. The highest BCUT2D eigenvalue weighted by Gasteiger charge is 2.23. The van der Waals surface area contributed by atoms with Crippen LogP contribution in [0.25, 0.3) is 10.1 Å². The summed E-state index contributed by atoms with van der Waals surface area (Å²) in [6.45, 7) is 4.05. The molecule has 4 nitrogen and oxygen atoms in total. The number of thiophene rings is 1. The van der Waals surface area contributed by atoms with Crippen molar-refractivity contribution < 1.29 is 9.90 Å². The molecule has 1 aromatic heterocycles. The van der Waals surface area contributed by atoms with E-state index in [9.17, 15) is 4.79 Å². The van der Waals surface area contributed by atoms with E-state index >= 15 is 0 Å². The smallest absolute Gasteiger partial charge is 0.266 e. The molecular formula is C14H17ClN2O2S. The van der Waals surface area contributed by atoms with Gasteiger partial charge in [0, 0.05) is 27.7 Å². The van der Waals surface area contributed by atoms with Crippen molar-refractivity contribution in [1.29, 1.82) is 0 Å². The number of benzene rings is 1. The van der Waals surface area contributed by atoms with Gasteiger partial charge in [-0.3, -0.25) is 4.79 Å². The third-order valence-electron chi connectivity index (χ3n) is 3.11. The van der Waals surface area contributed by atoms with Gasteiger partial charge in [0.05, 0.1) is 12.3 Å². The summed E-state index contributed by atoms with van der Waals surface area (Å²) < 4.78 is 0.933. The number of hydrogen-bond donors (Lipinski definition) is 2. The number of aliphatic hydroxyl groups is 1. The van der Waals surface area contributed by atoms with E-state index in [1.54, 1.807) is 17.0 Å². The fourth-order valence-electron chi connectivity index (χ4n) is 2.08. The molecule has 0 aliphatic heterocycles. The molecule has 3 N–H and O–H groups in total. The number of hydrogen-bond acceptors (Lipinski definition) is 4. The van der Waals surface area contributed by atoms with Gasteiger partial charge >= 0.3 is 0 Å². The predicted molar refractivity (Wildman–Crippen MR) is 84.5 cm³/mol. The van der Waals surface area contributed by atoms with E-state index in [0.717, 1.165) is 10.1 Å². The number of fused-ring (bicyclic) bond motifs is 1. The van der Waals surface area contributed by atoms with E-state index in [4.69, 9.17) is 22.4 Å². The van der Waals surface area contributed by atoms with Gasteiger partial charge in [0.25, 0.3) is 5.91 Å². The lowest BCUT2D eigenvalue weighted by Gasteiger charge is -2.25. The lowest BCUT2D eigenvalue weighted by Crippen LogP contribution is -2.38. The number of nitrogens with two attached hydrogens (primary N) is 1. The fourth-order valence-corrected chi connectivity index (χ4v) is 3.31. The number of carbonyl (C=O) groups excluding carboxylic acids is 1. The van der Waals surface area contributed by atoms with E-state index < -0.39 is 0 Å². The molecule has 0 saturated carbocycles. The maximum Gasteiger partial charge on any atom is 0.266 e. The maximum absolute atomic E-state index is 12.6. The first-order chi connectivity index (χ1) is 9.45. The third-order valence-corrected chi connectivity index (χ3v) is 4.52. The zero-order chi connectivity index (χ0) is 14.9. The summed E-state index contributed by atoms with van der Waals surface area (Å²) in [7, 11) is 0. The van der Waals surface area contributed by atoms with Gasteiger partial charge in [0.15, 0.2) is 0 Å². The van der Waals surface area contributed by atoms with Crippen LogP contribution in [0.5, 0.6) is 0 Å². The summed E-state index contributed by atoms with van der Waals surface area (Å²) in [6.07, 6.45) is 0. The molecule has 1 heterocycles. The molecule has 0 fully saturated rings. The number of aliphatic hydroxyl groups excluding tert-OH is 1. The van der Waals surface area contributed by atoms with Crippen LogP contribution in [0.3, 0.4) is 0 Å². The van der Waals surface area contributed by atoms with Crippen LogP contribution < -0.4 is 5.73 Å². The van der Waals surface area contributed by atoms with Crippen molar-refractivity contribution >= 4 is 44.6 Å². The molecule has 0 aliphatic rings. The summed E-state index contributed by atoms with van der Waals surface area (Å²) in [6, 6.07) is 5.41. The number of halogens is 1. The van der Waals surface area contributed by atoms with Crippen LogP contribution in [0.2, 0.25) is 5.02 Å². The minimum absolute atomic E-state index is 0.00264. The molecule has 0 unspecified atom stereocenters. The van der Waals surface area contributed by atoms with Gasteiger partial charge in [0.2, 0.25) is 0 Å². The summed E-state index contributed by atoms with van der Waals surface area (Å²) in [5, 5.41) is 10.5. The molecule has 2 aromatic rings. The van der Waals surface area contributed by atoms with Gasteiger partial charge < -0.3 is 15.7 Å². The molecule has 108 valence electrons. The number of nitrogen functional groups attached to an aromatic ring is 1. The van der Waals surface area contributed by atoms with Crippen molar-refractivity contribution in [3.8, 4) is 0 Å². The molecule has 0 spiro atoms. The molecule has 0 bridgehead atoms. The van der Waals surface area contributed by atoms with Crippen molar-refractivity contribution in [2.75, 3.05) is 18.9 Å². The first kappa shape index (κ1) is 15.1. The van der Waals surface area contributed by atoms with Crippen molar-refractivity contribution in [3.05, 3.63) is 28.1 Å². The predicted octanol–water partition coefficient (Wildman–Crippen LogP) is 2.98. The zero-order valence-electron chi connectivity index (χ0n) is 11.4. The normalized spacial score (nSPS) is 11.2. The van der Waals surface area contributed by atoms with Gasteiger partial charge in [-0.15, -0.1) is 11.3 Å². The molecule has 20 heavy (non-hydrogen) atoms. The largest absolute Gasteiger partial charge is 0.397 e. The number of carbonyl (C=O) groups is 1. The summed E-state index contributed by atoms with van der Waals surface area (Å²) in [5.74, 6) is -0.149. The molecule has 2 rings (SSSR count). The van der Waals surface area contributed by atoms with Crippen LogP contribution >= 0.6 is 22.9 Å². The average Bonchev–Trinajstić information content (AvgIpc) is 2.72. The van der Waals surface area contributed by atoms with Crippen LogP contribution in [0.4, 0.5) is 5.69 Å². The Kier molecular flexibility index (Phi) is 4.52. The Bertz CT molecular complexity index is 639. The molecule has 0 aliphatic carbocycles. The van der Waals surface area contributed by atoms with E-state index in [1.165, 1.54) is 11.3 Å². The zero-order valence-corrected chi connectivity index (χ0v) is 13.0. The van der Waals surface area contributed by atoms with Crippen LogP contribution in [0.1, 0.15) is 23.5 Å². The van der Waals surface area contributed by atoms with E-state index in [-0.39, 0.29) is 18.6 Å².